The van der Waals surface area contributed by atoms with E-state index in [4.69, 9.17) is 5.73 Å². The third-order valence-electron chi connectivity index (χ3n) is 3.46. The summed E-state index contributed by atoms with van der Waals surface area (Å²) in [5.41, 5.74) is 4.24. The zero-order valence-electron chi connectivity index (χ0n) is 10.9. The van der Waals surface area contributed by atoms with Gasteiger partial charge in [-0.25, -0.2) is 0 Å². The quantitative estimate of drug-likeness (QED) is 0.655. The van der Waals surface area contributed by atoms with Crippen molar-refractivity contribution in [1.82, 2.24) is 10.6 Å². The second kappa shape index (κ2) is 5.49. The lowest BCUT2D eigenvalue weighted by Crippen LogP contribution is -2.58. The van der Waals surface area contributed by atoms with E-state index in [2.05, 4.69) is 17.6 Å². The summed E-state index contributed by atoms with van der Waals surface area (Å²) >= 11 is 0. The topological polar surface area (TPSA) is 84.2 Å². The molecule has 4 N–H and O–H groups in total. The summed E-state index contributed by atoms with van der Waals surface area (Å²) in [6.07, 6.45) is 3.03. The lowest BCUT2D eigenvalue weighted by atomic mass is 9.89. The zero-order valence-corrected chi connectivity index (χ0v) is 10.9. The number of rotatable bonds is 4. The Morgan fingerprint density at radius 1 is 1.47 bits per heavy atom. The van der Waals surface area contributed by atoms with E-state index in [0.717, 1.165) is 25.8 Å². The van der Waals surface area contributed by atoms with Gasteiger partial charge in [0.25, 0.3) is 0 Å². The van der Waals surface area contributed by atoms with Gasteiger partial charge in [-0.2, -0.15) is 0 Å². The van der Waals surface area contributed by atoms with Crippen molar-refractivity contribution < 1.29 is 9.59 Å². The lowest BCUT2D eigenvalue weighted by molar-refractivity contribution is -0.132. The highest BCUT2D eigenvalue weighted by Gasteiger charge is 2.32. The van der Waals surface area contributed by atoms with Crippen LogP contribution in [0.25, 0.3) is 0 Å². The molecule has 0 aromatic carbocycles. The number of hydrogen-bond acceptors (Lipinski definition) is 3. The Balaban J connectivity index is 2.55. The van der Waals surface area contributed by atoms with Crippen LogP contribution in [0.3, 0.4) is 0 Å². The molecule has 0 aromatic rings. The van der Waals surface area contributed by atoms with Crippen molar-refractivity contribution >= 4 is 11.8 Å². The molecule has 2 amide bonds. The van der Waals surface area contributed by atoms with Gasteiger partial charge in [0.2, 0.25) is 11.8 Å². The molecule has 2 atom stereocenters. The van der Waals surface area contributed by atoms with E-state index in [1.807, 2.05) is 0 Å². The number of hydrogen-bond donors (Lipinski definition) is 3. The van der Waals surface area contributed by atoms with Crippen LogP contribution in [-0.4, -0.2) is 29.9 Å². The molecule has 1 saturated heterocycles. The normalized spacial score (nSPS) is 25.4. The van der Waals surface area contributed by atoms with Gasteiger partial charge in [-0.05, 0) is 39.2 Å². The summed E-state index contributed by atoms with van der Waals surface area (Å²) in [4.78, 5) is 23.1. The highest BCUT2D eigenvalue weighted by Crippen LogP contribution is 2.19. The van der Waals surface area contributed by atoms with Gasteiger partial charge >= 0.3 is 0 Å². The van der Waals surface area contributed by atoms with E-state index in [0.29, 0.717) is 5.92 Å². The summed E-state index contributed by atoms with van der Waals surface area (Å²) in [5, 5.41) is 5.87. The van der Waals surface area contributed by atoms with Gasteiger partial charge in [-0.1, -0.05) is 13.3 Å². The second-order valence-electron chi connectivity index (χ2n) is 5.28. The van der Waals surface area contributed by atoms with Crippen LogP contribution in [0.1, 0.15) is 40.0 Å². The molecule has 98 valence electrons. The van der Waals surface area contributed by atoms with Crippen LogP contribution in [0.5, 0.6) is 0 Å². The second-order valence-corrected chi connectivity index (χ2v) is 5.28. The smallest absolute Gasteiger partial charge is 0.242 e. The van der Waals surface area contributed by atoms with Crippen molar-refractivity contribution in [1.29, 1.82) is 0 Å². The zero-order chi connectivity index (χ0) is 13.1. The van der Waals surface area contributed by atoms with Gasteiger partial charge in [0.15, 0.2) is 0 Å². The van der Waals surface area contributed by atoms with E-state index in [-0.39, 0.29) is 11.9 Å². The van der Waals surface area contributed by atoms with Gasteiger partial charge in [0.05, 0.1) is 6.04 Å². The standard InChI is InChI=1S/C12H23N3O2/c1-4-8-5-6-14-9(7-8)10(16)15-12(2,3)11(13)17/h8-9,14H,4-7H2,1-3H3,(H2,13,17)(H,15,16). The number of carbonyl (C=O) groups is 2. The first-order chi connectivity index (χ1) is 7.86. The molecule has 1 fully saturated rings. The van der Waals surface area contributed by atoms with Crippen molar-refractivity contribution in [3.8, 4) is 0 Å². The van der Waals surface area contributed by atoms with E-state index in [1.165, 1.54) is 0 Å². The summed E-state index contributed by atoms with van der Waals surface area (Å²) in [6.45, 7) is 6.23. The number of nitrogens with one attached hydrogen (secondary N) is 2. The van der Waals surface area contributed by atoms with Crippen molar-refractivity contribution in [2.45, 2.75) is 51.6 Å². The van der Waals surface area contributed by atoms with E-state index in [1.54, 1.807) is 13.8 Å². The van der Waals surface area contributed by atoms with Crippen LogP contribution < -0.4 is 16.4 Å². The number of primary amides is 1. The van der Waals surface area contributed by atoms with Crippen LogP contribution in [0.15, 0.2) is 0 Å². The van der Waals surface area contributed by atoms with Crippen LogP contribution >= 0.6 is 0 Å². The average Bonchev–Trinajstić information content (AvgIpc) is 2.28. The molecular weight excluding hydrogens is 218 g/mol. The van der Waals surface area contributed by atoms with Gasteiger partial charge in [0, 0.05) is 0 Å². The molecule has 17 heavy (non-hydrogen) atoms. The first-order valence-electron chi connectivity index (χ1n) is 6.22. The minimum atomic E-state index is -0.988. The Morgan fingerprint density at radius 3 is 2.65 bits per heavy atom. The molecule has 1 aliphatic rings. The molecule has 5 nitrogen and oxygen atoms in total. The maximum Gasteiger partial charge on any atom is 0.242 e. The van der Waals surface area contributed by atoms with Crippen molar-refractivity contribution in [2.75, 3.05) is 6.54 Å². The average molecular weight is 241 g/mol. The molecule has 1 rings (SSSR count). The predicted octanol–water partition coefficient (Wildman–Crippen LogP) is 0.145. The maximum absolute atomic E-state index is 12.0. The Kier molecular flexibility index (Phi) is 4.51. The highest BCUT2D eigenvalue weighted by atomic mass is 16.2. The van der Waals surface area contributed by atoms with Gasteiger partial charge < -0.3 is 16.4 Å². The molecule has 1 aliphatic heterocycles. The first-order valence-corrected chi connectivity index (χ1v) is 6.22. The van der Waals surface area contributed by atoms with Crippen LogP contribution in [0.2, 0.25) is 0 Å². The third-order valence-corrected chi connectivity index (χ3v) is 3.46. The molecule has 0 bridgehead atoms. The van der Waals surface area contributed by atoms with Crippen LogP contribution in [-0.2, 0) is 9.59 Å². The molecule has 0 aromatic heterocycles. The molecular formula is C12H23N3O2. The van der Waals surface area contributed by atoms with E-state index >= 15 is 0 Å². The monoisotopic (exact) mass is 241 g/mol. The summed E-state index contributed by atoms with van der Waals surface area (Å²) in [5.74, 6) is -0.0654. The fourth-order valence-corrected chi connectivity index (χ4v) is 2.02. The minimum Gasteiger partial charge on any atom is -0.368 e. The van der Waals surface area contributed by atoms with Crippen LogP contribution in [0, 0.1) is 5.92 Å². The summed E-state index contributed by atoms with van der Waals surface area (Å²) in [7, 11) is 0. The Hall–Kier alpha value is -1.10. The minimum absolute atomic E-state index is 0.132. The van der Waals surface area contributed by atoms with E-state index in [9.17, 15) is 9.59 Å². The Labute approximate surface area is 103 Å². The summed E-state index contributed by atoms with van der Waals surface area (Å²) in [6, 6.07) is -0.202. The highest BCUT2D eigenvalue weighted by molar-refractivity contribution is 5.91. The number of amides is 2. The molecule has 5 heteroatoms. The van der Waals surface area contributed by atoms with Gasteiger partial charge in [-0.15, -0.1) is 0 Å². The van der Waals surface area contributed by atoms with Crippen LogP contribution in [0.4, 0.5) is 0 Å². The van der Waals surface area contributed by atoms with Crippen molar-refractivity contribution in [3.05, 3.63) is 0 Å². The molecule has 1 heterocycles. The first kappa shape index (κ1) is 14.0. The number of carbonyl (C=O) groups excluding carboxylic acids is 2. The Bertz CT molecular complexity index is 302. The molecule has 0 radical (unpaired) electrons. The van der Waals surface area contributed by atoms with Crippen molar-refractivity contribution in [3.63, 3.8) is 0 Å². The molecule has 0 aliphatic carbocycles. The van der Waals surface area contributed by atoms with E-state index < -0.39 is 11.4 Å². The molecule has 0 spiro atoms. The molecule has 0 saturated carbocycles. The fraction of sp³-hybridized carbons (Fsp3) is 0.833. The summed E-state index contributed by atoms with van der Waals surface area (Å²) < 4.78 is 0. The van der Waals surface area contributed by atoms with Crippen molar-refractivity contribution in [2.24, 2.45) is 11.7 Å². The fourth-order valence-electron chi connectivity index (χ4n) is 2.02. The number of piperidine rings is 1. The Morgan fingerprint density at radius 2 is 2.12 bits per heavy atom. The maximum atomic E-state index is 12.0. The third kappa shape index (κ3) is 3.70. The van der Waals surface area contributed by atoms with Gasteiger partial charge in [-0.3, -0.25) is 9.59 Å². The largest absolute Gasteiger partial charge is 0.368 e. The predicted molar refractivity (Wildman–Crippen MR) is 66.2 cm³/mol. The SMILES string of the molecule is CCC1CCNC(C(=O)NC(C)(C)C(N)=O)C1. The lowest BCUT2D eigenvalue weighted by Gasteiger charge is -2.31. The molecule has 2 unspecified atom stereocenters. The number of nitrogens with two attached hydrogens (primary N) is 1. The van der Waals surface area contributed by atoms with Gasteiger partial charge in [0.1, 0.15) is 5.54 Å².